The van der Waals surface area contributed by atoms with Crippen LogP contribution in [0.4, 0.5) is 5.82 Å². The number of thiophene rings is 1. The van der Waals surface area contributed by atoms with Crippen LogP contribution in [0.1, 0.15) is 34.0 Å². The maximum Gasteiger partial charge on any atom is 0.130 e. The second-order valence-corrected chi connectivity index (χ2v) is 6.78. The van der Waals surface area contributed by atoms with Crippen molar-refractivity contribution in [1.82, 2.24) is 15.1 Å². The third kappa shape index (κ3) is 3.04. The summed E-state index contributed by atoms with van der Waals surface area (Å²) >= 11 is 1.86. The number of hydrogen-bond acceptors (Lipinski definition) is 4. The van der Waals surface area contributed by atoms with Gasteiger partial charge in [0.1, 0.15) is 5.82 Å². The summed E-state index contributed by atoms with van der Waals surface area (Å²) in [4.78, 5) is 4.87. The molecular weight excluding hydrogens is 268 g/mol. The Balaban J connectivity index is 2.11. The van der Waals surface area contributed by atoms with Crippen LogP contribution in [0.15, 0.2) is 12.1 Å². The molecule has 4 nitrogen and oxygen atoms in total. The highest BCUT2D eigenvalue weighted by Crippen LogP contribution is 2.25. The molecule has 0 bridgehead atoms. The largest absolute Gasteiger partial charge is 0.363 e. The summed E-state index contributed by atoms with van der Waals surface area (Å²) in [6.07, 6.45) is 0. The Morgan fingerprint density at radius 2 is 2.05 bits per heavy atom. The molecule has 20 heavy (non-hydrogen) atoms. The smallest absolute Gasteiger partial charge is 0.130 e. The molecule has 0 radical (unpaired) electrons. The summed E-state index contributed by atoms with van der Waals surface area (Å²) in [6, 6.07) is 4.75. The maximum atomic E-state index is 4.52. The van der Waals surface area contributed by atoms with Crippen LogP contribution in [-0.2, 0) is 13.6 Å². The van der Waals surface area contributed by atoms with Gasteiger partial charge in [0.15, 0.2) is 0 Å². The summed E-state index contributed by atoms with van der Waals surface area (Å²) in [5.74, 6) is 1.17. The average molecular weight is 292 g/mol. The summed E-state index contributed by atoms with van der Waals surface area (Å²) < 4.78 is 1.95. The van der Waals surface area contributed by atoms with E-state index in [2.05, 4.69) is 62.3 Å². The molecule has 0 aliphatic heterocycles. The third-order valence-corrected chi connectivity index (χ3v) is 4.69. The lowest BCUT2D eigenvalue weighted by Crippen LogP contribution is -2.21. The van der Waals surface area contributed by atoms with Gasteiger partial charge in [-0.15, -0.1) is 11.3 Å². The Labute approximate surface area is 125 Å². The first-order valence-corrected chi connectivity index (χ1v) is 7.71. The van der Waals surface area contributed by atoms with E-state index in [1.165, 1.54) is 21.1 Å². The molecule has 0 aliphatic rings. The van der Waals surface area contributed by atoms with Gasteiger partial charge in [0.25, 0.3) is 0 Å². The third-order valence-electron chi connectivity index (χ3n) is 3.51. The number of nitrogens with zero attached hydrogens (tertiary/aromatic N) is 3. The lowest BCUT2D eigenvalue weighted by molar-refractivity contribution is 0.581. The number of aromatic nitrogens is 2. The summed E-state index contributed by atoms with van der Waals surface area (Å²) in [5.41, 5.74) is 2.37. The van der Waals surface area contributed by atoms with Gasteiger partial charge in [0.2, 0.25) is 0 Å². The first kappa shape index (κ1) is 15.1. The normalized spacial score (nSPS) is 12.7. The van der Waals surface area contributed by atoms with Crippen molar-refractivity contribution in [3.8, 4) is 0 Å². The van der Waals surface area contributed by atoms with Gasteiger partial charge in [0.05, 0.1) is 5.69 Å². The van der Waals surface area contributed by atoms with Crippen LogP contribution in [0, 0.1) is 13.8 Å². The molecule has 1 N–H and O–H groups in total. The van der Waals surface area contributed by atoms with Gasteiger partial charge in [-0.3, -0.25) is 4.68 Å². The predicted octanol–water partition coefficient (Wildman–Crippen LogP) is 3.02. The van der Waals surface area contributed by atoms with Crippen LogP contribution in [-0.4, -0.2) is 23.9 Å². The zero-order valence-electron chi connectivity index (χ0n) is 13.2. The molecule has 110 valence electrons. The Morgan fingerprint density at radius 3 is 2.60 bits per heavy atom. The van der Waals surface area contributed by atoms with Crippen molar-refractivity contribution in [2.24, 2.45) is 7.05 Å². The molecule has 0 saturated heterocycles. The van der Waals surface area contributed by atoms with Gasteiger partial charge < -0.3 is 10.2 Å². The topological polar surface area (TPSA) is 33.1 Å². The van der Waals surface area contributed by atoms with Gasteiger partial charge in [-0.25, -0.2) is 0 Å². The van der Waals surface area contributed by atoms with Crippen LogP contribution < -0.4 is 10.2 Å². The molecule has 0 spiro atoms. The van der Waals surface area contributed by atoms with Crippen molar-refractivity contribution >= 4 is 17.2 Å². The Bertz CT molecular complexity index is 583. The average Bonchev–Trinajstić information content (AvgIpc) is 2.90. The fraction of sp³-hybridized carbons (Fsp3) is 0.533. The van der Waals surface area contributed by atoms with E-state index in [1.807, 2.05) is 23.1 Å². The molecule has 0 aliphatic carbocycles. The number of nitrogens with one attached hydrogen (secondary N) is 1. The molecule has 2 aromatic rings. The highest BCUT2D eigenvalue weighted by atomic mass is 32.1. The van der Waals surface area contributed by atoms with Gasteiger partial charge >= 0.3 is 0 Å². The van der Waals surface area contributed by atoms with Crippen molar-refractivity contribution < 1.29 is 0 Å². The SMILES string of the molecule is Cc1ccc(C(C)NCc2c(C)nn(C)c2N(C)C)s1. The molecule has 0 fully saturated rings. The second kappa shape index (κ2) is 5.97. The van der Waals surface area contributed by atoms with Crippen molar-refractivity contribution in [1.29, 1.82) is 0 Å². The van der Waals surface area contributed by atoms with Crippen molar-refractivity contribution in [2.75, 3.05) is 19.0 Å². The molecule has 1 unspecified atom stereocenters. The molecule has 0 amide bonds. The Hall–Kier alpha value is -1.33. The van der Waals surface area contributed by atoms with E-state index >= 15 is 0 Å². The van der Waals surface area contributed by atoms with Crippen LogP contribution in [0.25, 0.3) is 0 Å². The molecule has 1 atom stereocenters. The van der Waals surface area contributed by atoms with Gasteiger partial charge in [-0.2, -0.15) is 5.10 Å². The Morgan fingerprint density at radius 1 is 1.35 bits per heavy atom. The van der Waals surface area contributed by atoms with E-state index in [1.54, 1.807) is 0 Å². The predicted molar refractivity (Wildman–Crippen MR) is 86.6 cm³/mol. The molecule has 2 rings (SSSR count). The fourth-order valence-electron chi connectivity index (χ4n) is 2.50. The number of anilines is 1. The molecule has 2 heterocycles. The van der Waals surface area contributed by atoms with Gasteiger partial charge in [0, 0.05) is 49.0 Å². The molecule has 0 aromatic carbocycles. The van der Waals surface area contributed by atoms with Crippen LogP contribution in [0.2, 0.25) is 0 Å². The minimum Gasteiger partial charge on any atom is -0.363 e. The van der Waals surface area contributed by atoms with Crippen molar-refractivity contribution in [3.05, 3.63) is 33.1 Å². The van der Waals surface area contributed by atoms with Crippen molar-refractivity contribution in [3.63, 3.8) is 0 Å². The quantitative estimate of drug-likeness (QED) is 0.919. The summed E-state index contributed by atoms with van der Waals surface area (Å²) in [6.45, 7) is 7.28. The summed E-state index contributed by atoms with van der Waals surface area (Å²) in [7, 11) is 6.12. The highest BCUT2D eigenvalue weighted by Gasteiger charge is 2.16. The Kier molecular flexibility index (Phi) is 4.50. The highest BCUT2D eigenvalue weighted by molar-refractivity contribution is 7.12. The van der Waals surface area contributed by atoms with Crippen LogP contribution in [0.5, 0.6) is 0 Å². The van der Waals surface area contributed by atoms with E-state index in [4.69, 9.17) is 0 Å². The lowest BCUT2D eigenvalue weighted by Gasteiger charge is -2.17. The first-order chi connectivity index (χ1) is 9.40. The van der Waals surface area contributed by atoms with Crippen LogP contribution in [0.3, 0.4) is 0 Å². The minimum absolute atomic E-state index is 0.364. The maximum absolute atomic E-state index is 4.52. The van der Waals surface area contributed by atoms with E-state index in [0.717, 1.165) is 12.2 Å². The van der Waals surface area contributed by atoms with E-state index < -0.39 is 0 Å². The molecular formula is C15H24N4S. The van der Waals surface area contributed by atoms with Crippen LogP contribution >= 0.6 is 11.3 Å². The number of aryl methyl sites for hydroxylation is 3. The standard InChI is InChI=1S/C15H24N4S/c1-10-7-8-14(20-10)12(3)16-9-13-11(2)17-19(6)15(13)18(4)5/h7-8,12,16H,9H2,1-6H3. The van der Waals surface area contributed by atoms with Crippen molar-refractivity contribution in [2.45, 2.75) is 33.4 Å². The minimum atomic E-state index is 0.364. The first-order valence-electron chi connectivity index (χ1n) is 6.89. The second-order valence-electron chi connectivity index (χ2n) is 5.46. The molecule has 0 saturated carbocycles. The zero-order chi connectivity index (χ0) is 14.9. The molecule has 2 aromatic heterocycles. The van der Waals surface area contributed by atoms with Gasteiger partial charge in [-0.05, 0) is 32.9 Å². The van der Waals surface area contributed by atoms with E-state index in [-0.39, 0.29) is 0 Å². The monoisotopic (exact) mass is 292 g/mol. The zero-order valence-corrected chi connectivity index (χ0v) is 14.0. The number of rotatable bonds is 5. The fourth-order valence-corrected chi connectivity index (χ4v) is 3.40. The number of hydrogen-bond donors (Lipinski definition) is 1. The van der Waals surface area contributed by atoms with Gasteiger partial charge in [-0.1, -0.05) is 0 Å². The lowest BCUT2D eigenvalue weighted by atomic mass is 10.2. The van der Waals surface area contributed by atoms with E-state index in [0.29, 0.717) is 6.04 Å². The molecule has 5 heteroatoms. The summed E-state index contributed by atoms with van der Waals surface area (Å²) in [5, 5.41) is 8.13. The van der Waals surface area contributed by atoms with E-state index in [9.17, 15) is 0 Å².